The van der Waals surface area contributed by atoms with Crippen LogP contribution < -0.4 is 0 Å². The van der Waals surface area contributed by atoms with Gasteiger partial charge in [-0.05, 0) is 84.9 Å². The number of halogens is 8. The van der Waals surface area contributed by atoms with E-state index in [-0.39, 0.29) is 21.4 Å². The lowest BCUT2D eigenvalue weighted by Crippen LogP contribution is -2.26. The minimum absolute atomic E-state index is 0.0838. The number of rotatable bonds is 8. The average Bonchev–Trinajstić information content (AvgIpc) is 3.80. The van der Waals surface area contributed by atoms with Gasteiger partial charge in [0.2, 0.25) is 0 Å². The average molecular weight is 1200 g/mol. The SMILES string of the molecule is CS(=O)(=O)c1c(F)cc([S+](c2ccccc2)c2cc(F)c(S(C)(=O)=O)c(F)c2)cc1F.Fc1cc(F)cc(-[s+]2c3ccccc3c3ccccc32)c1.Fc1ccc([S+]2CCOCC2)cc1.Fc1ccc([S+]2CCSCC2)cc1. The van der Waals surface area contributed by atoms with Crippen molar-refractivity contribution in [3.63, 3.8) is 0 Å². The summed E-state index contributed by atoms with van der Waals surface area (Å²) in [5, 5.41) is 2.31. The van der Waals surface area contributed by atoms with Crippen LogP contribution in [0.25, 0.3) is 25.1 Å². The van der Waals surface area contributed by atoms with Crippen LogP contribution in [0, 0.1) is 46.5 Å². The molecule has 78 heavy (non-hydrogen) atoms. The minimum atomic E-state index is -4.20. The van der Waals surface area contributed by atoms with E-state index < -0.39 is 85.7 Å². The van der Waals surface area contributed by atoms with Gasteiger partial charge in [-0.1, -0.05) is 42.5 Å². The Labute approximate surface area is 463 Å². The molecule has 2 fully saturated rings. The fraction of sp³-hybridized carbons (Fsp3) is 0.172. The predicted molar refractivity (Wildman–Crippen MR) is 304 cm³/mol. The lowest BCUT2D eigenvalue weighted by Gasteiger charge is -2.13. The van der Waals surface area contributed by atoms with Crippen LogP contribution in [0.3, 0.4) is 0 Å². The Morgan fingerprint density at radius 3 is 1.22 bits per heavy atom. The molecule has 0 radical (unpaired) electrons. The highest BCUT2D eigenvalue weighted by atomic mass is 32.2. The fourth-order valence-corrected chi connectivity index (χ4v) is 20.5. The van der Waals surface area contributed by atoms with Crippen molar-refractivity contribution in [3.05, 3.63) is 216 Å². The standard InChI is InChI=1S/C20H15F4O4S3.C18H11F2S.C10H12FOS.C10H12FS2/c1-30(25,26)19-15(21)8-13(9-16(19)22)29(12-6-4-3-5-7-12)14-10-17(23)20(18(24)11-14)31(2,27)28;19-12-9-13(20)11-14(10-12)21-17-7-3-1-5-15(17)16-6-2-4-8-18(16)21;2*11-9-1-3-10(4-2-9)13-7-5-12-6-8-13/h3-11H,1-2H3;1-11H;2*1-4H,5-8H2/q4*+1. The van der Waals surface area contributed by atoms with Gasteiger partial charge < -0.3 is 4.74 Å². The summed E-state index contributed by atoms with van der Waals surface area (Å²) >= 11 is 2.03. The molecule has 20 heteroatoms. The van der Waals surface area contributed by atoms with E-state index in [0.29, 0.717) is 44.1 Å². The van der Waals surface area contributed by atoms with Crippen molar-refractivity contribution >= 4 is 94.8 Å². The fourth-order valence-electron chi connectivity index (χ4n) is 8.51. The van der Waals surface area contributed by atoms with E-state index in [0.717, 1.165) is 75.2 Å². The van der Waals surface area contributed by atoms with E-state index in [1.165, 1.54) is 57.1 Å². The van der Waals surface area contributed by atoms with Crippen LogP contribution in [0.1, 0.15) is 0 Å². The highest BCUT2D eigenvalue weighted by molar-refractivity contribution is 8.05. The number of fused-ring (bicyclic) bond motifs is 3. The van der Waals surface area contributed by atoms with Crippen LogP contribution in [-0.2, 0) is 57.1 Å². The first kappa shape index (κ1) is 58.8. The molecule has 0 aliphatic carbocycles. The molecule has 0 N–H and O–H groups in total. The molecule has 2 saturated heterocycles. The topological polar surface area (TPSA) is 77.5 Å². The summed E-state index contributed by atoms with van der Waals surface area (Å²) in [6.45, 7) is 1.70. The monoisotopic (exact) mass is 1200 g/mol. The number of sulfone groups is 2. The molecule has 2 aliphatic heterocycles. The summed E-state index contributed by atoms with van der Waals surface area (Å²) in [6.07, 6.45) is 1.31. The summed E-state index contributed by atoms with van der Waals surface area (Å²) in [7, 11) is -9.64. The molecule has 0 saturated carbocycles. The smallest absolute Gasteiger partial charge is 0.187 e. The Kier molecular flexibility index (Phi) is 19.8. The third-order valence-electron chi connectivity index (χ3n) is 11.9. The molecule has 406 valence electrons. The Morgan fingerprint density at radius 1 is 0.423 bits per heavy atom. The number of thioether (sulfide) groups is 1. The molecular formula is C58H50F8O5S7+4. The van der Waals surface area contributed by atoms with Crippen molar-refractivity contribution in [2.24, 2.45) is 0 Å². The van der Waals surface area contributed by atoms with Gasteiger partial charge in [0.1, 0.15) is 79.3 Å². The van der Waals surface area contributed by atoms with Gasteiger partial charge in [0, 0.05) is 110 Å². The zero-order valence-electron chi connectivity index (χ0n) is 41.7. The third kappa shape index (κ3) is 14.7. The van der Waals surface area contributed by atoms with Gasteiger partial charge >= 0.3 is 0 Å². The molecule has 2 aliphatic rings. The van der Waals surface area contributed by atoms with Crippen molar-refractivity contribution in [1.82, 2.24) is 0 Å². The largest absolute Gasteiger partial charge is 0.372 e. The predicted octanol–water partition coefficient (Wildman–Crippen LogP) is 14.5. The van der Waals surface area contributed by atoms with Gasteiger partial charge in [-0.15, -0.1) is 0 Å². The second-order valence-corrected chi connectivity index (χ2v) is 31.1. The van der Waals surface area contributed by atoms with E-state index in [2.05, 4.69) is 12.1 Å². The normalized spacial score (nSPS) is 14.2. The zero-order valence-corrected chi connectivity index (χ0v) is 47.5. The molecule has 0 amide bonds. The van der Waals surface area contributed by atoms with Crippen LogP contribution in [0.15, 0.2) is 204 Å². The van der Waals surface area contributed by atoms with Crippen LogP contribution in [0.5, 0.6) is 0 Å². The minimum Gasteiger partial charge on any atom is -0.372 e. The lowest BCUT2D eigenvalue weighted by atomic mass is 10.2. The van der Waals surface area contributed by atoms with Gasteiger partial charge in [0.15, 0.2) is 58.4 Å². The molecule has 3 heterocycles. The summed E-state index contributed by atoms with van der Waals surface area (Å²) in [6, 6.07) is 45.0. The first-order valence-electron chi connectivity index (χ1n) is 23.8. The molecule has 0 bridgehead atoms. The van der Waals surface area contributed by atoms with E-state index in [9.17, 15) is 52.0 Å². The Hall–Kier alpha value is -5.32. The zero-order chi connectivity index (χ0) is 55.7. The Bertz CT molecular complexity index is 3500. The third-order valence-corrected chi connectivity index (χ3v) is 24.7. The van der Waals surface area contributed by atoms with Crippen LogP contribution in [0.4, 0.5) is 35.1 Å². The van der Waals surface area contributed by atoms with Crippen molar-refractivity contribution in [3.8, 4) is 4.90 Å². The van der Waals surface area contributed by atoms with E-state index in [4.69, 9.17) is 4.74 Å². The van der Waals surface area contributed by atoms with Gasteiger partial charge in [-0.3, -0.25) is 0 Å². The summed E-state index contributed by atoms with van der Waals surface area (Å²) in [5.41, 5.74) is 0. The second-order valence-electron chi connectivity index (χ2n) is 17.4. The first-order chi connectivity index (χ1) is 37.3. The lowest BCUT2D eigenvalue weighted by molar-refractivity contribution is 0.159. The maximum Gasteiger partial charge on any atom is 0.187 e. The molecule has 8 aromatic carbocycles. The quantitative estimate of drug-likeness (QED) is 0.111. The van der Waals surface area contributed by atoms with Gasteiger partial charge in [0.05, 0.1) is 24.1 Å². The molecule has 0 atom stereocenters. The Balaban J connectivity index is 0.000000147. The first-order valence-corrected chi connectivity index (χ1v) is 34.4. The van der Waals surface area contributed by atoms with E-state index in [1.807, 2.05) is 72.4 Å². The molecule has 1 aromatic heterocycles. The number of ether oxygens (including phenoxy) is 1. The van der Waals surface area contributed by atoms with Crippen LogP contribution >= 0.6 is 22.2 Å². The molecular weight excluding hydrogens is 1150 g/mol. The van der Waals surface area contributed by atoms with Crippen LogP contribution in [-0.4, -0.2) is 77.1 Å². The Morgan fingerprint density at radius 2 is 0.808 bits per heavy atom. The number of benzene rings is 8. The molecule has 11 rings (SSSR count). The summed E-state index contributed by atoms with van der Waals surface area (Å²) in [5.74, 6) is 0.529. The highest BCUT2D eigenvalue weighted by Gasteiger charge is 2.36. The van der Waals surface area contributed by atoms with Crippen molar-refractivity contribution in [2.45, 2.75) is 34.3 Å². The van der Waals surface area contributed by atoms with E-state index >= 15 is 0 Å². The molecule has 5 nitrogen and oxygen atoms in total. The van der Waals surface area contributed by atoms with E-state index in [1.54, 1.807) is 42.5 Å². The highest BCUT2D eigenvalue weighted by Crippen LogP contribution is 2.48. The number of hydrogen-bond donors (Lipinski definition) is 0. The summed E-state index contributed by atoms with van der Waals surface area (Å²) in [4.78, 5) is 1.31. The van der Waals surface area contributed by atoms with Crippen molar-refractivity contribution in [2.75, 3.05) is 60.2 Å². The molecule has 9 aromatic rings. The van der Waals surface area contributed by atoms with Crippen LogP contribution in [0.2, 0.25) is 0 Å². The van der Waals surface area contributed by atoms with Gasteiger partial charge in [-0.2, -0.15) is 11.8 Å². The van der Waals surface area contributed by atoms with Crippen molar-refractivity contribution < 1.29 is 56.7 Å². The molecule has 0 spiro atoms. The second kappa shape index (κ2) is 26.3. The van der Waals surface area contributed by atoms with Crippen molar-refractivity contribution in [1.29, 1.82) is 0 Å². The number of thiophene rings is 1. The maximum atomic E-state index is 14.5. The maximum absolute atomic E-state index is 14.5. The van der Waals surface area contributed by atoms with Gasteiger partial charge in [0.25, 0.3) is 0 Å². The molecule has 0 unspecified atom stereocenters. The van der Waals surface area contributed by atoms with Gasteiger partial charge in [-0.25, -0.2) is 52.0 Å². The number of hydrogen-bond acceptors (Lipinski definition) is 6. The summed E-state index contributed by atoms with van der Waals surface area (Å²) < 4.78 is 165.